The Morgan fingerprint density at radius 2 is 2.11 bits per heavy atom. The second-order valence-electron chi connectivity index (χ2n) is 4.59. The van der Waals surface area contributed by atoms with Crippen molar-refractivity contribution in [2.45, 2.75) is 32.7 Å². The van der Waals surface area contributed by atoms with Gasteiger partial charge in [-0.15, -0.1) is 0 Å². The summed E-state index contributed by atoms with van der Waals surface area (Å²) >= 11 is 3.51. The average molecular weight is 314 g/mol. The van der Waals surface area contributed by atoms with E-state index in [1.165, 1.54) is 5.56 Å². The second kappa shape index (κ2) is 8.27. The Kier molecular flexibility index (Phi) is 6.98. The molecule has 3 nitrogen and oxygen atoms in total. The lowest BCUT2D eigenvalue weighted by molar-refractivity contribution is -0.137. The number of nitrogens with one attached hydrogen (secondary N) is 1. The van der Waals surface area contributed by atoms with E-state index in [-0.39, 0.29) is 6.42 Å². The van der Waals surface area contributed by atoms with Crippen LogP contribution in [0.4, 0.5) is 0 Å². The number of halogens is 1. The van der Waals surface area contributed by atoms with Crippen molar-refractivity contribution < 1.29 is 9.90 Å². The highest BCUT2D eigenvalue weighted by Crippen LogP contribution is 2.15. The molecule has 0 aliphatic rings. The first-order chi connectivity index (χ1) is 8.59. The largest absolute Gasteiger partial charge is 0.481 e. The average Bonchev–Trinajstić information content (AvgIpc) is 2.34. The Morgan fingerprint density at radius 3 is 2.78 bits per heavy atom. The van der Waals surface area contributed by atoms with Crippen LogP contribution in [0.1, 0.15) is 31.7 Å². The molecule has 18 heavy (non-hydrogen) atoms. The van der Waals surface area contributed by atoms with E-state index < -0.39 is 5.97 Å². The molecule has 0 heterocycles. The summed E-state index contributed by atoms with van der Waals surface area (Å²) < 4.78 is 1.12. The van der Waals surface area contributed by atoms with Crippen molar-refractivity contribution in [1.29, 1.82) is 0 Å². The van der Waals surface area contributed by atoms with Crippen molar-refractivity contribution in [2.24, 2.45) is 5.92 Å². The normalized spacial score (nSPS) is 12.3. The van der Waals surface area contributed by atoms with Crippen molar-refractivity contribution in [2.75, 3.05) is 6.54 Å². The number of benzene rings is 1. The minimum absolute atomic E-state index is 0.269. The summed E-state index contributed by atoms with van der Waals surface area (Å²) in [6, 6.07) is 8.15. The fraction of sp³-hybridized carbons (Fsp3) is 0.500. The molecule has 1 rings (SSSR count). The van der Waals surface area contributed by atoms with Gasteiger partial charge in [-0.1, -0.05) is 41.1 Å². The van der Waals surface area contributed by atoms with E-state index in [4.69, 9.17) is 5.11 Å². The van der Waals surface area contributed by atoms with Crippen molar-refractivity contribution in [3.05, 3.63) is 34.3 Å². The minimum Gasteiger partial charge on any atom is -0.481 e. The zero-order chi connectivity index (χ0) is 13.4. The standard InChI is InChI=1S/C14H20BrNO2/c1-11(6-7-14(17)18)8-9-16-10-12-4-2-3-5-13(12)15/h2-5,11,16H,6-10H2,1H3,(H,17,18). The van der Waals surface area contributed by atoms with Gasteiger partial charge in [0.1, 0.15) is 0 Å². The van der Waals surface area contributed by atoms with Gasteiger partial charge in [-0.05, 0) is 36.9 Å². The molecule has 0 fully saturated rings. The smallest absolute Gasteiger partial charge is 0.303 e. The number of hydrogen-bond acceptors (Lipinski definition) is 2. The van der Waals surface area contributed by atoms with Crippen LogP contribution < -0.4 is 5.32 Å². The molecule has 0 aliphatic heterocycles. The van der Waals surface area contributed by atoms with Gasteiger partial charge in [-0.3, -0.25) is 4.79 Å². The monoisotopic (exact) mass is 313 g/mol. The van der Waals surface area contributed by atoms with E-state index in [0.717, 1.165) is 30.4 Å². The van der Waals surface area contributed by atoms with Gasteiger partial charge in [-0.2, -0.15) is 0 Å². The number of aliphatic carboxylic acids is 1. The summed E-state index contributed by atoms with van der Waals surface area (Å²) in [4.78, 5) is 10.4. The number of carboxylic acids is 1. The van der Waals surface area contributed by atoms with Gasteiger partial charge >= 0.3 is 5.97 Å². The highest BCUT2D eigenvalue weighted by Gasteiger charge is 2.05. The van der Waals surface area contributed by atoms with Gasteiger partial charge in [0, 0.05) is 17.4 Å². The Hall–Kier alpha value is -0.870. The predicted molar refractivity (Wildman–Crippen MR) is 76.5 cm³/mol. The molecule has 1 aromatic carbocycles. The topological polar surface area (TPSA) is 49.3 Å². The van der Waals surface area contributed by atoms with Crippen LogP contribution in [0.15, 0.2) is 28.7 Å². The van der Waals surface area contributed by atoms with E-state index in [1.807, 2.05) is 18.2 Å². The van der Waals surface area contributed by atoms with Crippen LogP contribution in [-0.2, 0) is 11.3 Å². The molecule has 1 unspecified atom stereocenters. The quantitative estimate of drug-likeness (QED) is 0.723. The van der Waals surface area contributed by atoms with E-state index in [9.17, 15) is 4.79 Å². The molecule has 0 saturated heterocycles. The molecular weight excluding hydrogens is 294 g/mol. The molecule has 2 N–H and O–H groups in total. The highest BCUT2D eigenvalue weighted by molar-refractivity contribution is 9.10. The highest BCUT2D eigenvalue weighted by atomic mass is 79.9. The first-order valence-corrected chi connectivity index (χ1v) is 7.05. The lowest BCUT2D eigenvalue weighted by Gasteiger charge is -2.11. The maximum absolute atomic E-state index is 10.4. The zero-order valence-corrected chi connectivity index (χ0v) is 12.2. The summed E-state index contributed by atoms with van der Waals surface area (Å²) in [5.74, 6) is -0.254. The fourth-order valence-electron chi connectivity index (χ4n) is 1.73. The minimum atomic E-state index is -0.706. The Labute approximate surface area is 117 Å². The van der Waals surface area contributed by atoms with Crippen LogP contribution in [0.25, 0.3) is 0 Å². The molecule has 0 bridgehead atoms. The summed E-state index contributed by atoms with van der Waals surface area (Å²) in [7, 11) is 0. The van der Waals surface area contributed by atoms with Crippen LogP contribution >= 0.6 is 15.9 Å². The molecule has 0 radical (unpaired) electrons. The number of rotatable bonds is 8. The van der Waals surface area contributed by atoms with Crippen LogP contribution in [0.5, 0.6) is 0 Å². The maximum atomic E-state index is 10.4. The van der Waals surface area contributed by atoms with Gasteiger partial charge in [0.15, 0.2) is 0 Å². The Bertz CT molecular complexity index is 382. The Morgan fingerprint density at radius 1 is 1.39 bits per heavy atom. The molecule has 1 atom stereocenters. The van der Waals surface area contributed by atoms with Crippen molar-refractivity contribution in [1.82, 2.24) is 5.32 Å². The second-order valence-corrected chi connectivity index (χ2v) is 5.45. The third-order valence-electron chi connectivity index (χ3n) is 2.94. The molecule has 0 spiro atoms. The predicted octanol–water partition coefficient (Wildman–Crippen LogP) is 3.43. The summed E-state index contributed by atoms with van der Waals surface area (Å²) in [5, 5.41) is 12.0. The molecular formula is C14H20BrNO2. The lowest BCUT2D eigenvalue weighted by atomic mass is 10.0. The molecule has 4 heteroatoms. The Balaban J connectivity index is 2.15. The van der Waals surface area contributed by atoms with Crippen LogP contribution in [-0.4, -0.2) is 17.6 Å². The summed E-state index contributed by atoms with van der Waals surface area (Å²) in [6.07, 6.45) is 2.04. The molecule has 1 aromatic rings. The number of carboxylic acid groups (broad SMARTS) is 1. The maximum Gasteiger partial charge on any atom is 0.303 e. The van der Waals surface area contributed by atoms with Crippen LogP contribution in [0.3, 0.4) is 0 Å². The van der Waals surface area contributed by atoms with Gasteiger partial charge in [0.05, 0.1) is 0 Å². The van der Waals surface area contributed by atoms with E-state index in [2.05, 4.69) is 34.2 Å². The lowest BCUT2D eigenvalue weighted by Crippen LogP contribution is -2.17. The van der Waals surface area contributed by atoms with E-state index in [0.29, 0.717) is 5.92 Å². The third-order valence-corrected chi connectivity index (χ3v) is 3.71. The zero-order valence-electron chi connectivity index (χ0n) is 10.7. The number of carbonyl (C=O) groups is 1. The van der Waals surface area contributed by atoms with Crippen molar-refractivity contribution in [3.8, 4) is 0 Å². The molecule has 0 saturated carbocycles. The molecule has 0 aliphatic carbocycles. The van der Waals surface area contributed by atoms with E-state index >= 15 is 0 Å². The SMILES string of the molecule is CC(CCNCc1ccccc1Br)CCC(=O)O. The third kappa shape index (κ3) is 6.17. The summed E-state index contributed by atoms with van der Waals surface area (Å²) in [5.41, 5.74) is 1.25. The van der Waals surface area contributed by atoms with Crippen molar-refractivity contribution >= 4 is 21.9 Å². The van der Waals surface area contributed by atoms with Crippen molar-refractivity contribution in [3.63, 3.8) is 0 Å². The fourth-order valence-corrected chi connectivity index (χ4v) is 2.15. The van der Waals surface area contributed by atoms with Gasteiger partial charge in [-0.25, -0.2) is 0 Å². The molecule has 0 amide bonds. The van der Waals surface area contributed by atoms with Gasteiger partial charge in [0.25, 0.3) is 0 Å². The summed E-state index contributed by atoms with van der Waals surface area (Å²) in [6.45, 7) is 3.86. The number of hydrogen-bond donors (Lipinski definition) is 2. The van der Waals surface area contributed by atoms with Crippen LogP contribution in [0.2, 0.25) is 0 Å². The van der Waals surface area contributed by atoms with E-state index in [1.54, 1.807) is 0 Å². The first-order valence-electron chi connectivity index (χ1n) is 6.25. The van der Waals surface area contributed by atoms with Gasteiger partial charge < -0.3 is 10.4 Å². The molecule has 0 aromatic heterocycles. The van der Waals surface area contributed by atoms with Crippen LogP contribution in [0, 0.1) is 5.92 Å². The van der Waals surface area contributed by atoms with Gasteiger partial charge in [0.2, 0.25) is 0 Å². The molecule has 100 valence electrons. The first kappa shape index (κ1) is 15.2.